The van der Waals surface area contributed by atoms with Crippen molar-refractivity contribution in [2.24, 2.45) is 0 Å². The molecule has 3 rings (SSSR count). The Bertz CT molecular complexity index is 1040. The number of aromatic amines is 1. The van der Waals surface area contributed by atoms with E-state index >= 15 is 0 Å². The van der Waals surface area contributed by atoms with Crippen LogP contribution >= 0.6 is 11.8 Å². The van der Waals surface area contributed by atoms with E-state index in [1.807, 2.05) is 6.92 Å². The molecule has 0 aliphatic heterocycles. The molecule has 2 heterocycles. The molecule has 0 saturated heterocycles. The molecule has 8 nitrogen and oxygen atoms in total. The van der Waals surface area contributed by atoms with E-state index in [4.69, 9.17) is 4.42 Å². The van der Waals surface area contributed by atoms with Crippen LogP contribution in [-0.2, 0) is 16.0 Å². The van der Waals surface area contributed by atoms with E-state index in [1.54, 1.807) is 36.4 Å². The fraction of sp³-hybridized carbons (Fsp3) is 0.200. The summed E-state index contributed by atoms with van der Waals surface area (Å²) in [6.07, 6.45) is 2.99. The first-order chi connectivity index (χ1) is 14.0. The molecule has 0 saturated carbocycles. The van der Waals surface area contributed by atoms with E-state index in [0.717, 1.165) is 30.2 Å². The Labute approximate surface area is 171 Å². The number of esters is 1. The van der Waals surface area contributed by atoms with Crippen molar-refractivity contribution >= 4 is 29.8 Å². The van der Waals surface area contributed by atoms with Crippen LogP contribution in [0.2, 0.25) is 0 Å². The number of methoxy groups -OCH3 is 1. The lowest BCUT2D eigenvalue weighted by molar-refractivity contribution is -0.298. The third-order valence-corrected chi connectivity index (χ3v) is 4.76. The lowest BCUT2D eigenvalue weighted by atomic mass is 10.1. The van der Waals surface area contributed by atoms with E-state index in [-0.39, 0.29) is 4.91 Å². The molecular weight excluding hydrogens is 394 g/mol. The van der Waals surface area contributed by atoms with Crippen LogP contribution in [-0.4, -0.2) is 34.2 Å². The number of benzene rings is 1. The Hall–Kier alpha value is -3.33. The number of H-pyrrole nitrogens is 1. The van der Waals surface area contributed by atoms with E-state index in [0.29, 0.717) is 28.1 Å². The second kappa shape index (κ2) is 9.24. The molecule has 1 aromatic carbocycles. The maximum atomic E-state index is 11.5. The molecule has 2 aromatic heterocycles. The van der Waals surface area contributed by atoms with Crippen molar-refractivity contribution in [3.63, 3.8) is 0 Å². The zero-order valence-corrected chi connectivity index (χ0v) is 16.6. The summed E-state index contributed by atoms with van der Waals surface area (Å²) in [6, 6.07) is 10.0. The van der Waals surface area contributed by atoms with Crippen molar-refractivity contribution in [3.8, 4) is 11.3 Å². The molecule has 29 heavy (non-hydrogen) atoms. The molecule has 9 heteroatoms. The number of rotatable bonds is 8. The van der Waals surface area contributed by atoms with E-state index in [2.05, 4.69) is 19.9 Å². The fourth-order valence-corrected chi connectivity index (χ4v) is 3.21. The van der Waals surface area contributed by atoms with Crippen LogP contribution in [0, 0.1) is 0 Å². The number of carboxylic acid groups (broad SMARTS) is 1. The minimum Gasteiger partial charge on any atom is -0.544 e. The van der Waals surface area contributed by atoms with E-state index < -0.39 is 11.9 Å². The Morgan fingerprint density at radius 2 is 2.00 bits per heavy atom. The topological polar surface area (TPSA) is 121 Å². The molecule has 150 valence electrons. The van der Waals surface area contributed by atoms with Gasteiger partial charge in [-0.2, -0.15) is 0 Å². The van der Waals surface area contributed by atoms with Gasteiger partial charge in [-0.25, -0.2) is 9.78 Å². The largest absolute Gasteiger partial charge is 0.544 e. The third-order valence-electron chi connectivity index (χ3n) is 3.89. The molecule has 0 spiro atoms. The average molecular weight is 412 g/mol. The highest BCUT2D eigenvalue weighted by Crippen LogP contribution is 2.28. The molecule has 0 aliphatic rings. The Balaban J connectivity index is 1.78. The van der Waals surface area contributed by atoms with Crippen molar-refractivity contribution in [3.05, 3.63) is 58.5 Å². The SMILES string of the molecule is CCCc1nc(S/C(=C\c2ccc(-c3ccc(C(=O)OC)cc3)o2)C(=O)[O-])n[nH]1. The zero-order chi connectivity index (χ0) is 20.8. The molecule has 0 amide bonds. The number of nitrogens with zero attached hydrogens (tertiary/aromatic N) is 2. The lowest BCUT2D eigenvalue weighted by Crippen LogP contribution is -2.23. The molecule has 0 unspecified atom stereocenters. The Morgan fingerprint density at radius 1 is 1.24 bits per heavy atom. The van der Waals surface area contributed by atoms with Gasteiger partial charge in [0.25, 0.3) is 0 Å². The van der Waals surface area contributed by atoms with Crippen LogP contribution in [0.1, 0.15) is 35.3 Å². The maximum Gasteiger partial charge on any atom is 0.337 e. The minimum atomic E-state index is -1.35. The second-order valence-corrected chi connectivity index (χ2v) is 6.99. The number of hydrogen-bond acceptors (Lipinski definition) is 8. The second-order valence-electron chi connectivity index (χ2n) is 5.98. The number of aliphatic carboxylic acids is 1. The van der Waals surface area contributed by atoms with Gasteiger partial charge in [-0.05, 0) is 48.5 Å². The smallest absolute Gasteiger partial charge is 0.337 e. The lowest BCUT2D eigenvalue weighted by Gasteiger charge is -2.04. The van der Waals surface area contributed by atoms with Gasteiger partial charge in [0.2, 0.25) is 5.16 Å². The van der Waals surface area contributed by atoms with Gasteiger partial charge in [-0.1, -0.05) is 19.1 Å². The number of carbonyl (C=O) groups excluding carboxylic acids is 2. The molecule has 0 bridgehead atoms. The quantitative estimate of drug-likeness (QED) is 0.340. The Morgan fingerprint density at radius 3 is 2.66 bits per heavy atom. The first-order valence-corrected chi connectivity index (χ1v) is 9.62. The molecule has 0 radical (unpaired) electrons. The number of aryl methyl sites for hydroxylation is 1. The molecule has 3 aromatic rings. The summed E-state index contributed by atoms with van der Waals surface area (Å²) in [5.74, 6) is -0.212. The average Bonchev–Trinajstić information content (AvgIpc) is 3.37. The van der Waals surface area contributed by atoms with Crippen molar-refractivity contribution < 1.29 is 23.8 Å². The molecule has 0 aliphatic carbocycles. The molecule has 0 atom stereocenters. The highest BCUT2D eigenvalue weighted by molar-refractivity contribution is 8.04. The highest BCUT2D eigenvalue weighted by Gasteiger charge is 2.11. The summed E-state index contributed by atoms with van der Waals surface area (Å²) in [4.78, 5) is 27.2. The van der Waals surface area contributed by atoms with Gasteiger partial charge < -0.3 is 19.1 Å². The minimum absolute atomic E-state index is 0.0750. The maximum absolute atomic E-state index is 11.5. The van der Waals surface area contributed by atoms with Crippen LogP contribution in [0.25, 0.3) is 17.4 Å². The highest BCUT2D eigenvalue weighted by atomic mass is 32.2. The van der Waals surface area contributed by atoms with Crippen LogP contribution in [0.3, 0.4) is 0 Å². The van der Waals surface area contributed by atoms with Crippen LogP contribution in [0.4, 0.5) is 0 Å². The van der Waals surface area contributed by atoms with Gasteiger partial charge in [0.1, 0.15) is 17.3 Å². The van der Waals surface area contributed by atoms with Crippen LogP contribution in [0.5, 0.6) is 0 Å². The van der Waals surface area contributed by atoms with Crippen LogP contribution < -0.4 is 5.11 Å². The van der Waals surface area contributed by atoms with Gasteiger partial charge >= 0.3 is 5.97 Å². The summed E-state index contributed by atoms with van der Waals surface area (Å²) in [6.45, 7) is 2.01. The van der Waals surface area contributed by atoms with Crippen LogP contribution in [0.15, 0.2) is 50.9 Å². The number of carbonyl (C=O) groups is 2. The fourth-order valence-electron chi connectivity index (χ4n) is 2.50. The first kappa shape index (κ1) is 20.4. The van der Waals surface area contributed by atoms with E-state index in [1.165, 1.54) is 13.2 Å². The Kier molecular flexibility index (Phi) is 6.50. The van der Waals surface area contributed by atoms with Crippen molar-refractivity contribution in [1.82, 2.24) is 15.2 Å². The standard InChI is InChI=1S/C20H19N3O5S/c1-3-4-17-21-20(23-22-17)29-16(18(24)25)11-14-9-10-15(28-14)12-5-7-13(8-6-12)19(26)27-2/h5-11H,3-4H2,1-2H3,(H,24,25)(H,21,22,23)/p-1/b16-11-. The molecule has 1 N–H and O–H groups in total. The van der Waals surface area contributed by atoms with Gasteiger partial charge in [0.15, 0.2) is 0 Å². The summed E-state index contributed by atoms with van der Waals surface area (Å²) in [7, 11) is 1.32. The van der Waals surface area contributed by atoms with Crippen molar-refractivity contribution in [2.75, 3.05) is 7.11 Å². The third kappa shape index (κ3) is 5.14. The summed E-state index contributed by atoms with van der Waals surface area (Å²) >= 11 is 0.885. The number of hydrogen-bond donors (Lipinski definition) is 1. The molecular formula is C20H18N3O5S-. The number of furan rings is 1. The number of nitrogens with one attached hydrogen (secondary N) is 1. The van der Waals surface area contributed by atoms with Gasteiger partial charge in [-0.15, -0.1) is 5.10 Å². The normalized spacial score (nSPS) is 11.4. The number of ether oxygens (including phenoxy) is 1. The zero-order valence-electron chi connectivity index (χ0n) is 15.8. The van der Waals surface area contributed by atoms with Gasteiger partial charge in [-0.3, -0.25) is 5.10 Å². The van der Waals surface area contributed by atoms with Gasteiger partial charge in [0.05, 0.1) is 18.6 Å². The summed E-state index contributed by atoms with van der Waals surface area (Å²) < 4.78 is 10.4. The number of thioether (sulfide) groups is 1. The molecule has 0 fully saturated rings. The summed E-state index contributed by atoms with van der Waals surface area (Å²) in [5, 5.41) is 18.6. The van der Waals surface area contributed by atoms with Crippen molar-refractivity contribution in [1.29, 1.82) is 0 Å². The number of aromatic nitrogens is 3. The first-order valence-electron chi connectivity index (χ1n) is 8.81. The monoisotopic (exact) mass is 412 g/mol. The number of carboxylic acids is 1. The van der Waals surface area contributed by atoms with Crippen molar-refractivity contribution in [2.45, 2.75) is 24.9 Å². The summed E-state index contributed by atoms with van der Waals surface area (Å²) in [5.41, 5.74) is 1.16. The predicted octanol–water partition coefficient (Wildman–Crippen LogP) is 2.69. The van der Waals surface area contributed by atoms with E-state index in [9.17, 15) is 14.7 Å². The predicted molar refractivity (Wildman–Crippen MR) is 105 cm³/mol. The van der Waals surface area contributed by atoms with Gasteiger partial charge in [0, 0.05) is 16.9 Å².